The van der Waals surface area contributed by atoms with E-state index in [-0.39, 0.29) is 5.69 Å². The number of fused-ring (bicyclic) bond motifs is 1. The topological polar surface area (TPSA) is 48.5 Å². The number of halogens is 1. The molecule has 0 bridgehead atoms. The molecule has 5 nitrogen and oxygen atoms in total. The zero-order chi connectivity index (χ0) is 18.1. The molecule has 2 heterocycles. The Labute approximate surface area is 164 Å². The van der Waals surface area contributed by atoms with Crippen LogP contribution in [-0.4, -0.2) is 14.0 Å². The summed E-state index contributed by atoms with van der Waals surface area (Å²) in [4.78, 5) is 17.4. The van der Waals surface area contributed by atoms with E-state index < -0.39 is 0 Å². The maximum atomic E-state index is 12.9. The molecule has 0 saturated carbocycles. The molecule has 26 heavy (non-hydrogen) atoms. The second-order valence-electron chi connectivity index (χ2n) is 5.99. The molecular formula is C20H16IN3O2. The van der Waals surface area contributed by atoms with Crippen LogP contribution in [0, 0.1) is 10.5 Å². The van der Waals surface area contributed by atoms with Crippen molar-refractivity contribution < 1.29 is 4.74 Å². The number of benzene rings is 2. The minimum Gasteiger partial charge on any atom is -0.487 e. The van der Waals surface area contributed by atoms with Crippen LogP contribution >= 0.6 is 22.6 Å². The predicted molar refractivity (Wildman–Crippen MR) is 109 cm³/mol. The number of nitrogens with zero attached hydrogens (tertiary/aromatic N) is 3. The maximum absolute atomic E-state index is 12.9. The molecule has 0 aliphatic carbocycles. The molecule has 4 aromatic rings. The summed E-state index contributed by atoms with van der Waals surface area (Å²) in [6.45, 7) is 2.33. The normalized spacial score (nSPS) is 11.0. The van der Waals surface area contributed by atoms with Gasteiger partial charge in [0.1, 0.15) is 12.4 Å². The van der Waals surface area contributed by atoms with Crippen LogP contribution < -0.4 is 10.4 Å². The molecule has 0 amide bonds. The summed E-state index contributed by atoms with van der Waals surface area (Å²) in [7, 11) is 0. The monoisotopic (exact) mass is 457 g/mol. The summed E-state index contributed by atoms with van der Waals surface area (Å²) in [5.74, 6) is 0.774. The van der Waals surface area contributed by atoms with Crippen LogP contribution in [0.5, 0.6) is 5.75 Å². The molecule has 0 N–H and O–H groups in total. The Morgan fingerprint density at radius 3 is 2.50 bits per heavy atom. The van der Waals surface area contributed by atoms with Gasteiger partial charge in [-0.25, -0.2) is 14.2 Å². The SMILES string of the molecule is Cc1ccc(-n2cc(I)c3nc(COc4ccccc4)cn3c2=O)cc1. The van der Waals surface area contributed by atoms with Gasteiger partial charge in [0.2, 0.25) is 0 Å². The number of aromatic nitrogens is 3. The molecule has 0 radical (unpaired) electrons. The minimum atomic E-state index is -0.150. The van der Waals surface area contributed by atoms with Gasteiger partial charge in [-0.2, -0.15) is 0 Å². The molecule has 0 aliphatic heterocycles. The van der Waals surface area contributed by atoms with E-state index in [4.69, 9.17) is 4.74 Å². The van der Waals surface area contributed by atoms with Gasteiger partial charge in [0.15, 0.2) is 5.65 Å². The Hall–Kier alpha value is -2.61. The molecule has 0 aliphatic rings. The highest BCUT2D eigenvalue weighted by Crippen LogP contribution is 2.16. The summed E-state index contributed by atoms with van der Waals surface area (Å²) in [5, 5.41) is 0. The average Bonchev–Trinajstić information content (AvgIpc) is 3.10. The van der Waals surface area contributed by atoms with Crippen LogP contribution in [0.3, 0.4) is 0 Å². The van der Waals surface area contributed by atoms with Crippen molar-refractivity contribution in [1.82, 2.24) is 14.0 Å². The molecule has 130 valence electrons. The highest BCUT2D eigenvalue weighted by Gasteiger charge is 2.12. The third kappa shape index (κ3) is 3.24. The third-order valence-corrected chi connectivity index (χ3v) is 4.83. The Kier molecular flexibility index (Phi) is 4.50. The van der Waals surface area contributed by atoms with E-state index in [1.165, 1.54) is 0 Å². The summed E-state index contributed by atoms with van der Waals surface area (Å²) in [5.41, 5.74) is 3.19. The fraction of sp³-hybridized carbons (Fsp3) is 0.100. The van der Waals surface area contributed by atoms with E-state index in [2.05, 4.69) is 27.6 Å². The van der Waals surface area contributed by atoms with Crippen molar-refractivity contribution in [2.45, 2.75) is 13.5 Å². The molecule has 0 spiro atoms. The zero-order valence-electron chi connectivity index (χ0n) is 14.1. The highest BCUT2D eigenvalue weighted by molar-refractivity contribution is 14.1. The molecule has 0 fully saturated rings. The number of imidazole rings is 1. The smallest absolute Gasteiger partial charge is 0.338 e. The first-order valence-electron chi connectivity index (χ1n) is 8.16. The zero-order valence-corrected chi connectivity index (χ0v) is 16.3. The number of para-hydroxylation sites is 1. The molecular weight excluding hydrogens is 441 g/mol. The third-order valence-electron chi connectivity index (χ3n) is 4.07. The fourth-order valence-electron chi connectivity index (χ4n) is 2.72. The van der Waals surface area contributed by atoms with Gasteiger partial charge in [-0.05, 0) is 53.8 Å². The molecule has 0 saturated heterocycles. The van der Waals surface area contributed by atoms with E-state index in [1.54, 1.807) is 15.2 Å². The van der Waals surface area contributed by atoms with Crippen molar-refractivity contribution in [3.63, 3.8) is 0 Å². The minimum absolute atomic E-state index is 0.150. The summed E-state index contributed by atoms with van der Waals surface area (Å²) < 4.78 is 9.85. The molecule has 4 rings (SSSR count). The fourth-order valence-corrected chi connectivity index (χ4v) is 3.38. The van der Waals surface area contributed by atoms with Crippen molar-refractivity contribution in [2.24, 2.45) is 0 Å². The van der Waals surface area contributed by atoms with Gasteiger partial charge < -0.3 is 4.74 Å². The lowest BCUT2D eigenvalue weighted by molar-refractivity contribution is 0.302. The number of rotatable bonds is 4. The van der Waals surface area contributed by atoms with E-state index in [0.717, 1.165) is 20.6 Å². The predicted octanol–water partition coefficient (Wildman–Crippen LogP) is 3.98. The van der Waals surface area contributed by atoms with Gasteiger partial charge in [-0.3, -0.25) is 4.57 Å². The van der Waals surface area contributed by atoms with E-state index in [0.29, 0.717) is 17.9 Å². The summed E-state index contributed by atoms with van der Waals surface area (Å²) in [6.07, 6.45) is 3.56. The first-order valence-corrected chi connectivity index (χ1v) is 9.24. The van der Waals surface area contributed by atoms with Crippen molar-refractivity contribution >= 4 is 28.2 Å². The van der Waals surface area contributed by atoms with Crippen molar-refractivity contribution in [2.75, 3.05) is 0 Å². The lowest BCUT2D eigenvalue weighted by Gasteiger charge is -2.07. The van der Waals surface area contributed by atoms with Gasteiger partial charge in [0.25, 0.3) is 0 Å². The average molecular weight is 457 g/mol. The van der Waals surface area contributed by atoms with Crippen LogP contribution in [0.15, 0.2) is 71.8 Å². The van der Waals surface area contributed by atoms with Crippen LogP contribution in [0.1, 0.15) is 11.3 Å². The van der Waals surface area contributed by atoms with Crippen LogP contribution in [0.2, 0.25) is 0 Å². The maximum Gasteiger partial charge on any atom is 0.338 e. The van der Waals surface area contributed by atoms with Crippen LogP contribution in [-0.2, 0) is 6.61 Å². The number of hydrogen-bond donors (Lipinski definition) is 0. The summed E-state index contributed by atoms with van der Waals surface area (Å²) >= 11 is 2.20. The van der Waals surface area contributed by atoms with Crippen molar-refractivity contribution in [3.8, 4) is 11.4 Å². The molecule has 0 unspecified atom stereocenters. The quantitative estimate of drug-likeness (QED) is 0.436. The van der Waals surface area contributed by atoms with Crippen LogP contribution in [0.4, 0.5) is 0 Å². The molecule has 6 heteroatoms. The molecule has 2 aromatic carbocycles. The second-order valence-corrected chi connectivity index (χ2v) is 7.15. The van der Waals surface area contributed by atoms with Gasteiger partial charge in [0.05, 0.1) is 15.0 Å². The van der Waals surface area contributed by atoms with Gasteiger partial charge in [-0.1, -0.05) is 35.9 Å². The first kappa shape index (κ1) is 16.8. The van der Waals surface area contributed by atoms with E-state index >= 15 is 0 Å². The second kappa shape index (κ2) is 6.95. The van der Waals surface area contributed by atoms with Gasteiger partial charge in [0, 0.05) is 12.4 Å². The highest BCUT2D eigenvalue weighted by atomic mass is 127. The Morgan fingerprint density at radius 1 is 1.04 bits per heavy atom. The largest absolute Gasteiger partial charge is 0.487 e. The summed E-state index contributed by atoms with van der Waals surface area (Å²) in [6, 6.07) is 17.4. The van der Waals surface area contributed by atoms with E-state index in [1.807, 2.05) is 67.7 Å². The van der Waals surface area contributed by atoms with Crippen molar-refractivity contribution in [3.05, 3.63) is 92.3 Å². The Morgan fingerprint density at radius 2 is 1.77 bits per heavy atom. The number of ether oxygens (including phenoxy) is 1. The Bertz CT molecular complexity index is 1120. The lowest BCUT2D eigenvalue weighted by Crippen LogP contribution is -2.25. The molecule has 2 aromatic heterocycles. The van der Waals surface area contributed by atoms with Crippen LogP contribution in [0.25, 0.3) is 11.3 Å². The number of aryl methyl sites for hydroxylation is 1. The van der Waals surface area contributed by atoms with E-state index in [9.17, 15) is 4.79 Å². The standard InChI is InChI=1S/C20H16IN3O2/c1-14-7-9-16(10-8-14)23-12-18(21)19-22-15(11-24(19)20(23)25)13-26-17-5-3-2-4-6-17/h2-12H,13H2,1H3. The molecule has 0 atom stereocenters. The Balaban J connectivity index is 1.71. The van der Waals surface area contributed by atoms with Crippen molar-refractivity contribution in [1.29, 1.82) is 0 Å². The number of hydrogen-bond acceptors (Lipinski definition) is 3. The first-order chi connectivity index (χ1) is 12.6. The lowest BCUT2D eigenvalue weighted by atomic mass is 10.2. The van der Waals surface area contributed by atoms with Gasteiger partial charge >= 0.3 is 5.69 Å². The van der Waals surface area contributed by atoms with Gasteiger partial charge in [-0.15, -0.1) is 0 Å².